The molecule has 1 aliphatic rings. The monoisotopic (exact) mass is 432 g/mol. The first-order valence-electron chi connectivity index (χ1n) is 8.58. The molecule has 0 bridgehead atoms. The van der Waals surface area contributed by atoms with Crippen molar-refractivity contribution in [1.29, 1.82) is 0 Å². The Bertz CT molecular complexity index is 1020. The van der Waals surface area contributed by atoms with Gasteiger partial charge in [-0.3, -0.25) is 14.2 Å². The topological polar surface area (TPSA) is 61.2 Å². The lowest BCUT2D eigenvalue weighted by atomic mass is 9.97. The number of rotatable bonds is 4. The summed E-state index contributed by atoms with van der Waals surface area (Å²) in [6.45, 7) is 0.266. The van der Waals surface area contributed by atoms with E-state index in [1.807, 2.05) is 12.1 Å². The van der Waals surface area contributed by atoms with E-state index in [2.05, 4.69) is 20.9 Å². The summed E-state index contributed by atoms with van der Waals surface area (Å²) in [6.07, 6.45) is 5.94. The van der Waals surface area contributed by atoms with Gasteiger partial charge in [-0.15, -0.1) is 11.3 Å². The van der Waals surface area contributed by atoms with Crippen LogP contribution in [0.2, 0.25) is 0 Å². The molecule has 0 N–H and O–H groups in total. The molecule has 0 fully saturated rings. The average Bonchev–Trinajstić information content (AvgIpc) is 3.02. The smallest absolute Gasteiger partial charge is 0.312 e. The highest BCUT2D eigenvalue weighted by molar-refractivity contribution is 9.10. The van der Waals surface area contributed by atoms with E-state index in [0.717, 1.165) is 34.0 Å². The van der Waals surface area contributed by atoms with E-state index in [9.17, 15) is 9.59 Å². The lowest BCUT2D eigenvalue weighted by Gasteiger charge is -2.10. The van der Waals surface area contributed by atoms with E-state index in [0.29, 0.717) is 5.75 Å². The van der Waals surface area contributed by atoms with Crippen LogP contribution in [0.15, 0.2) is 39.9 Å². The number of aromatic nitrogens is 2. The number of benzene rings is 1. The van der Waals surface area contributed by atoms with Crippen molar-refractivity contribution in [2.75, 3.05) is 0 Å². The minimum Gasteiger partial charge on any atom is -0.426 e. The Morgan fingerprint density at radius 1 is 1.23 bits per heavy atom. The van der Waals surface area contributed by atoms with Gasteiger partial charge in [0.15, 0.2) is 0 Å². The zero-order valence-electron chi connectivity index (χ0n) is 14.0. The molecule has 1 aliphatic carbocycles. The van der Waals surface area contributed by atoms with Crippen molar-refractivity contribution >= 4 is 43.5 Å². The summed E-state index contributed by atoms with van der Waals surface area (Å²) in [6, 6.07) is 7.06. The lowest BCUT2D eigenvalue weighted by molar-refractivity contribution is -0.134. The predicted octanol–water partition coefficient (Wildman–Crippen LogP) is 4.10. The molecule has 2 aromatic heterocycles. The van der Waals surface area contributed by atoms with Crippen LogP contribution in [0.3, 0.4) is 0 Å². The minimum absolute atomic E-state index is 0.0501. The van der Waals surface area contributed by atoms with Gasteiger partial charge in [-0.1, -0.05) is 15.9 Å². The molecule has 0 spiro atoms. The number of ether oxygens (including phenoxy) is 1. The Labute approximate surface area is 162 Å². The van der Waals surface area contributed by atoms with Crippen LogP contribution in [0.25, 0.3) is 10.2 Å². The molecular weight excluding hydrogens is 416 g/mol. The van der Waals surface area contributed by atoms with Gasteiger partial charge in [0.05, 0.1) is 18.1 Å². The molecule has 0 saturated carbocycles. The molecule has 4 rings (SSSR count). The van der Waals surface area contributed by atoms with Gasteiger partial charge >= 0.3 is 5.97 Å². The second kappa shape index (κ2) is 7.32. The first-order chi connectivity index (χ1) is 12.6. The molecule has 2 heterocycles. The molecule has 0 radical (unpaired) electrons. The molecule has 0 saturated heterocycles. The summed E-state index contributed by atoms with van der Waals surface area (Å²) < 4.78 is 7.74. The van der Waals surface area contributed by atoms with Crippen molar-refractivity contribution in [2.24, 2.45) is 0 Å². The maximum absolute atomic E-state index is 12.8. The number of carbonyl (C=O) groups excluding carboxylic acids is 1. The van der Waals surface area contributed by atoms with Gasteiger partial charge in [-0.05, 0) is 55.5 Å². The highest BCUT2D eigenvalue weighted by Gasteiger charge is 2.20. The van der Waals surface area contributed by atoms with Gasteiger partial charge in [0.2, 0.25) is 0 Å². The van der Waals surface area contributed by atoms with Crippen LogP contribution in [0.5, 0.6) is 5.75 Å². The summed E-state index contributed by atoms with van der Waals surface area (Å²) in [4.78, 5) is 31.5. The number of halogens is 1. The molecule has 0 atom stereocenters. The average molecular weight is 433 g/mol. The van der Waals surface area contributed by atoms with Crippen molar-refractivity contribution in [3.63, 3.8) is 0 Å². The largest absolute Gasteiger partial charge is 0.426 e. The molecule has 134 valence electrons. The zero-order chi connectivity index (χ0) is 18.1. The zero-order valence-corrected chi connectivity index (χ0v) is 16.4. The van der Waals surface area contributed by atoms with E-state index < -0.39 is 0 Å². The summed E-state index contributed by atoms with van der Waals surface area (Å²) in [5.41, 5.74) is 1.12. The molecule has 1 aromatic carbocycles. The van der Waals surface area contributed by atoms with E-state index >= 15 is 0 Å². The van der Waals surface area contributed by atoms with E-state index in [-0.39, 0.29) is 24.5 Å². The fourth-order valence-electron chi connectivity index (χ4n) is 3.24. The second-order valence-corrected chi connectivity index (χ2v) is 8.31. The molecule has 26 heavy (non-hydrogen) atoms. The van der Waals surface area contributed by atoms with E-state index in [1.165, 1.54) is 21.4 Å². The molecule has 0 amide bonds. The quantitative estimate of drug-likeness (QED) is 0.459. The number of fused-ring (bicyclic) bond motifs is 3. The lowest BCUT2D eigenvalue weighted by Crippen LogP contribution is -2.23. The highest BCUT2D eigenvalue weighted by Crippen LogP contribution is 2.33. The van der Waals surface area contributed by atoms with Gasteiger partial charge in [0.1, 0.15) is 10.6 Å². The van der Waals surface area contributed by atoms with Gasteiger partial charge in [0.25, 0.3) is 5.56 Å². The van der Waals surface area contributed by atoms with Crippen molar-refractivity contribution in [1.82, 2.24) is 9.55 Å². The number of carbonyl (C=O) groups is 1. The molecule has 0 aliphatic heterocycles. The fourth-order valence-corrected chi connectivity index (χ4v) is 4.72. The summed E-state index contributed by atoms with van der Waals surface area (Å²) in [7, 11) is 0. The van der Waals surface area contributed by atoms with Crippen LogP contribution in [0, 0.1) is 0 Å². The maximum atomic E-state index is 12.8. The normalized spacial score (nSPS) is 13.6. The third kappa shape index (κ3) is 3.46. The van der Waals surface area contributed by atoms with E-state index in [4.69, 9.17) is 4.74 Å². The summed E-state index contributed by atoms with van der Waals surface area (Å²) in [5, 5.41) is 0.744. The van der Waals surface area contributed by atoms with Crippen molar-refractivity contribution in [3.05, 3.63) is 55.9 Å². The predicted molar refractivity (Wildman–Crippen MR) is 105 cm³/mol. The Morgan fingerprint density at radius 3 is 2.81 bits per heavy atom. The number of thiophene rings is 1. The molecule has 0 unspecified atom stereocenters. The van der Waals surface area contributed by atoms with Gasteiger partial charge < -0.3 is 4.74 Å². The van der Waals surface area contributed by atoms with Crippen LogP contribution < -0.4 is 10.3 Å². The summed E-state index contributed by atoms with van der Waals surface area (Å²) in [5.74, 6) is 0.123. The molecular formula is C19H17BrN2O3S. The number of aryl methyl sites for hydroxylation is 3. The Balaban J connectivity index is 1.50. The van der Waals surface area contributed by atoms with E-state index in [1.54, 1.807) is 29.8 Å². The minimum atomic E-state index is -0.369. The molecule has 3 aromatic rings. The SMILES string of the molecule is O=C(CCn1cnc2sc3c(c2c1=O)CCCC3)Oc1ccc(Br)cc1. The van der Waals surface area contributed by atoms with Crippen molar-refractivity contribution in [2.45, 2.75) is 38.6 Å². The molecule has 7 heteroatoms. The number of esters is 1. The van der Waals surface area contributed by atoms with Crippen molar-refractivity contribution < 1.29 is 9.53 Å². The number of hydrogen-bond acceptors (Lipinski definition) is 5. The molecule has 5 nitrogen and oxygen atoms in total. The van der Waals surface area contributed by atoms with Crippen molar-refractivity contribution in [3.8, 4) is 5.75 Å². The number of hydrogen-bond donors (Lipinski definition) is 0. The summed E-state index contributed by atoms with van der Waals surface area (Å²) >= 11 is 4.97. The highest BCUT2D eigenvalue weighted by atomic mass is 79.9. The van der Waals surface area contributed by atoms with Crippen LogP contribution in [0.4, 0.5) is 0 Å². The third-order valence-corrected chi connectivity index (χ3v) is 6.27. The number of nitrogens with zero attached hydrogens (tertiary/aromatic N) is 2. The fraction of sp³-hybridized carbons (Fsp3) is 0.316. The van der Waals surface area contributed by atoms with Gasteiger partial charge in [-0.2, -0.15) is 0 Å². The third-order valence-electron chi connectivity index (χ3n) is 4.54. The second-order valence-electron chi connectivity index (χ2n) is 6.31. The Kier molecular flexibility index (Phi) is 4.91. The standard InChI is InChI=1S/C19H17BrN2O3S/c20-12-5-7-13(8-6-12)25-16(23)9-10-22-11-21-18-17(19(22)24)14-3-1-2-4-15(14)26-18/h5-8,11H,1-4,9-10H2. The first kappa shape index (κ1) is 17.4. The van der Waals surface area contributed by atoms with Crippen LogP contribution >= 0.6 is 27.3 Å². The Morgan fingerprint density at radius 2 is 2.00 bits per heavy atom. The van der Waals surface area contributed by atoms with Crippen LogP contribution in [-0.4, -0.2) is 15.5 Å². The first-order valence-corrected chi connectivity index (χ1v) is 10.2. The van der Waals surface area contributed by atoms with Crippen LogP contribution in [-0.2, 0) is 24.2 Å². The Hall–Kier alpha value is -1.99. The van der Waals surface area contributed by atoms with Crippen LogP contribution in [0.1, 0.15) is 29.7 Å². The maximum Gasteiger partial charge on any atom is 0.312 e. The van der Waals surface area contributed by atoms with Gasteiger partial charge in [0, 0.05) is 15.9 Å². The van der Waals surface area contributed by atoms with Gasteiger partial charge in [-0.25, -0.2) is 4.98 Å².